The number of hydrogen-bond acceptors (Lipinski definition) is 1. The first-order chi connectivity index (χ1) is 9.77. The van der Waals surface area contributed by atoms with Crippen molar-refractivity contribution in [2.45, 2.75) is 96.8 Å². The van der Waals surface area contributed by atoms with Crippen LogP contribution >= 0.6 is 0 Å². The Hall–Kier alpha value is 0.794. The Morgan fingerprint density at radius 3 is 1.67 bits per heavy atom. The zero-order valence-electron chi connectivity index (χ0n) is 13.8. The summed E-state index contributed by atoms with van der Waals surface area (Å²) in [6.45, 7) is 2.26. The number of carbonyl (C=O) groups is 1. The quantitative estimate of drug-likeness (QED) is 0.250. The first kappa shape index (κ1) is 24.1. The third-order valence-electron chi connectivity index (χ3n) is 3.65. The van der Waals surface area contributed by atoms with Crippen LogP contribution < -0.4 is 0 Å². The molecule has 0 unspecified atom stereocenters. The number of hydrogen-bond donors (Lipinski definition) is 1. The van der Waals surface area contributed by atoms with Crippen LogP contribution in [-0.2, 0) is 4.79 Å². The Bertz CT molecular complexity index is 239. The van der Waals surface area contributed by atoms with E-state index in [1.807, 2.05) is 0 Å². The molecular formula is C18H34EuO2. The van der Waals surface area contributed by atoms with Gasteiger partial charge in [0.1, 0.15) is 0 Å². The third kappa shape index (κ3) is 23.2. The zero-order valence-corrected chi connectivity index (χ0v) is 16.2. The molecule has 125 valence electrons. The molecule has 0 saturated heterocycles. The van der Waals surface area contributed by atoms with E-state index in [9.17, 15) is 4.79 Å². The second kappa shape index (κ2) is 20.8. The Kier molecular flexibility index (Phi) is 23.8. The van der Waals surface area contributed by atoms with Gasteiger partial charge in [0.2, 0.25) is 0 Å². The molecule has 1 radical (unpaired) electrons. The Morgan fingerprint density at radius 2 is 1.19 bits per heavy atom. The monoisotopic (exact) mass is 435 g/mol. The smallest absolute Gasteiger partial charge is 0.303 e. The van der Waals surface area contributed by atoms with Crippen molar-refractivity contribution in [3.63, 3.8) is 0 Å². The van der Waals surface area contributed by atoms with Crippen molar-refractivity contribution in [2.24, 2.45) is 0 Å². The molecule has 0 aromatic heterocycles. The minimum atomic E-state index is -0.664. The van der Waals surface area contributed by atoms with Crippen LogP contribution in [0.3, 0.4) is 0 Å². The summed E-state index contributed by atoms with van der Waals surface area (Å²) in [7, 11) is 0. The topological polar surface area (TPSA) is 37.3 Å². The molecule has 0 rings (SSSR count). The van der Waals surface area contributed by atoms with E-state index in [0.29, 0.717) is 6.42 Å². The average Bonchev–Trinajstić information content (AvgIpc) is 2.43. The van der Waals surface area contributed by atoms with Crippen molar-refractivity contribution in [2.75, 3.05) is 0 Å². The van der Waals surface area contributed by atoms with E-state index >= 15 is 0 Å². The Balaban J connectivity index is 0. The maximum absolute atomic E-state index is 10.3. The largest absolute Gasteiger partial charge is 0.481 e. The summed E-state index contributed by atoms with van der Waals surface area (Å²) >= 11 is 0. The maximum atomic E-state index is 10.3. The molecule has 0 atom stereocenters. The predicted molar refractivity (Wildman–Crippen MR) is 87.1 cm³/mol. The summed E-state index contributed by atoms with van der Waals surface area (Å²) in [4.78, 5) is 10.3. The SMILES string of the molecule is CCCCCCCCC=CCCCCCCCC(=O)O.[Eu]. The van der Waals surface area contributed by atoms with Crippen LogP contribution in [0, 0.1) is 49.4 Å². The van der Waals surface area contributed by atoms with E-state index in [-0.39, 0.29) is 49.4 Å². The predicted octanol–water partition coefficient (Wildman–Crippen LogP) is 6.11. The molecule has 0 aromatic carbocycles. The second-order valence-electron chi connectivity index (χ2n) is 5.73. The van der Waals surface area contributed by atoms with Gasteiger partial charge >= 0.3 is 5.97 Å². The fourth-order valence-corrected chi connectivity index (χ4v) is 2.35. The van der Waals surface area contributed by atoms with Crippen molar-refractivity contribution in [3.05, 3.63) is 12.2 Å². The first-order valence-electron chi connectivity index (χ1n) is 8.64. The Morgan fingerprint density at radius 1 is 0.762 bits per heavy atom. The number of unbranched alkanes of at least 4 members (excludes halogenated alkanes) is 11. The van der Waals surface area contributed by atoms with E-state index in [2.05, 4.69) is 19.1 Å². The molecule has 0 aromatic rings. The van der Waals surface area contributed by atoms with Gasteiger partial charge in [-0.1, -0.05) is 70.4 Å². The van der Waals surface area contributed by atoms with E-state index in [1.165, 1.54) is 70.6 Å². The number of carboxylic acids is 1. The molecule has 0 fully saturated rings. The standard InChI is InChI=1S/C18H34O2.Eu/c1-2-3-4-5-6-7-8-9-10-11-12-13-14-15-16-17-18(19)20;/h9-10H,2-8,11-17H2,1H3,(H,19,20);. The number of allylic oxidation sites excluding steroid dienone is 2. The molecule has 0 saturated carbocycles. The second-order valence-corrected chi connectivity index (χ2v) is 5.73. The maximum Gasteiger partial charge on any atom is 0.303 e. The molecule has 2 nitrogen and oxygen atoms in total. The van der Waals surface area contributed by atoms with Crippen LogP contribution in [0.1, 0.15) is 96.8 Å². The van der Waals surface area contributed by atoms with E-state index in [4.69, 9.17) is 5.11 Å². The van der Waals surface area contributed by atoms with Gasteiger partial charge in [0, 0.05) is 55.8 Å². The summed E-state index contributed by atoms with van der Waals surface area (Å²) in [5.74, 6) is -0.664. The van der Waals surface area contributed by atoms with Gasteiger partial charge in [-0.05, 0) is 32.1 Å². The van der Waals surface area contributed by atoms with E-state index in [1.54, 1.807) is 0 Å². The van der Waals surface area contributed by atoms with Crippen molar-refractivity contribution in [1.29, 1.82) is 0 Å². The molecule has 0 heterocycles. The number of aliphatic carboxylic acids is 1. The van der Waals surface area contributed by atoms with Gasteiger partial charge in [0.15, 0.2) is 0 Å². The van der Waals surface area contributed by atoms with Gasteiger partial charge in [-0.15, -0.1) is 0 Å². The van der Waals surface area contributed by atoms with Gasteiger partial charge in [0.05, 0.1) is 0 Å². The molecule has 21 heavy (non-hydrogen) atoms. The van der Waals surface area contributed by atoms with E-state index in [0.717, 1.165) is 12.8 Å². The number of rotatable bonds is 15. The summed E-state index contributed by atoms with van der Waals surface area (Å²) in [6, 6.07) is 0. The fourth-order valence-electron chi connectivity index (χ4n) is 2.35. The van der Waals surface area contributed by atoms with Crippen LogP contribution in [0.4, 0.5) is 0 Å². The molecule has 3 heteroatoms. The normalized spacial score (nSPS) is 10.7. The summed E-state index contributed by atoms with van der Waals surface area (Å²) < 4.78 is 0. The Labute approximate surface area is 172 Å². The summed E-state index contributed by atoms with van der Waals surface area (Å²) in [6.07, 6.45) is 21.2. The van der Waals surface area contributed by atoms with Crippen LogP contribution in [0.25, 0.3) is 0 Å². The van der Waals surface area contributed by atoms with Crippen molar-refractivity contribution >= 4 is 5.97 Å². The average molecular weight is 434 g/mol. The van der Waals surface area contributed by atoms with Gasteiger partial charge in [-0.2, -0.15) is 0 Å². The molecule has 0 spiro atoms. The summed E-state index contributed by atoms with van der Waals surface area (Å²) in [5, 5.41) is 8.51. The van der Waals surface area contributed by atoms with Gasteiger partial charge in [0.25, 0.3) is 0 Å². The van der Waals surface area contributed by atoms with Crippen molar-refractivity contribution in [3.8, 4) is 0 Å². The van der Waals surface area contributed by atoms with Crippen LogP contribution in [0.2, 0.25) is 0 Å². The molecular weight excluding hydrogens is 400 g/mol. The molecule has 0 aliphatic carbocycles. The van der Waals surface area contributed by atoms with Crippen LogP contribution in [-0.4, -0.2) is 11.1 Å². The van der Waals surface area contributed by atoms with Gasteiger partial charge in [-0.3, -0.25) is 4.79 Å². The molecule has 1 N–H and O–H groups in total. The van der Waals surface area contributed by atoms with Gasteiger partial charge in [-0.25, -0.2) is 0 Å². The van der Waals surface area contributed by atoms with E-state index < -0.39 is 5.97 Å². The minimum Gasteiger partial charge on any atom is -0.481 e. The molecule has 0 aliphatic heterocycles. The van der Waals surface area contributed by atoms with Crippen LogP contribution in [0.15, 0.2) is 12.2 Å². The summed E-state index contributed by atoms with van der Waals surface area (Å²) in [5.41, 5.74) is 0. The van der Waals surface area contributed by atoms with Gasteiger partial charge < -0.3 is 5.11 Å². The minimum absolute atomic E-state index is 0. The molecule has 0 aliphatic rings. The number of carboxylic acid groups (broad SMARTS) is 1. The van der Waals surface area contributed by atoms with Crippen molar-refractivity contribution in [1.82, 2.24) is 0 Å². The molecule has 0 bridgehead atoms. The van der Waals surface area contributed by atoms with Crippen LogP contribution in [0.5, 0.6) is 0 Å². The van der Waals surface area contributed by atoms with Crippen molar-refractivity contribution < 1.29 is 59.3 Å². The zero-order chi connectivity index (χ0) is 14.9. The fraction of sp³-hybridized carbons (Fsp3) is 0.833. The molecule has 0 amide bonds. The first-order valence-corrected chi connectivity index (χ1v) is 8.64. The third-order valence-corrected chi connectivity index (χ3v) is 3.65.